The van der Waals surface area contributed by atoms with Gasteiger partial charge < -0.3 is 22.1 Å². The van der Waals surface area contributed by atoms with Crippen LogP contribution in [-0.4, -0.2) is 24.0 Å². The molecule has 7 heteroatoms. The Kier molecular flexibility index (Phi) is 4.90. The molecule has 0 atom stereocenters. The van der Waals surface area contributed by atoms with Crippen LogP contribution < -0.4 is 22.1 Å². The van der Waals surface area contributed by atoms with Crippen LogP contribution in [-0.2, 0) is 0 Å². The fourth-order valence-electron chi connectivity index (χ4n) is 1.86. The van der Waals surface area contributed by atoms with Gasteiger partial charge in [0.2, 0.25) is 0 Å². The number of amides is 1. The van der Waals surface area contributed by atoms with E-state index in [4.69, 9.17) is 11.5 Å². The smallest absolute Gasteiger partial charge is 0.252 e. The molecule has 116 valence electrons. The molecular formula is C15H18FN5O. The molecule has 2 rings (SSSR count). The first-order valence-electron chi connectivity index (χ1n) is 6.79. The molecule has 0 aliphatic carbocycles. The molecule has 0 aliphatic rings. The summed E-state index contributed by atoms with van der Waals surface area (Å²) >= 11 is 0. The predicted octanol–water partition coefficient (Wildman–Crippen LogP) is 1.74. The van der Waals surface area contributed by atoms with E-state index in [0.717, 1.165) is 17.3 Å². The molecule has 2 aromatic rings. The van der Waals surface area contributed by atoms with Crippen molar-refractivity contribution in [3.63, 3.8) is 0 Å². The van der Waals surface area contributed by atoms with Crippen LogP contribution in [0.2, 0.25) is 0 Å². The summed E-state index contributed by atoms with van der Waals surface area (Å²) in [5, 5.41) is 5.74. The largest absolute Gasteiger partial charge is 0.366 e. The normalized spacial score (nSPS) is 10.3. The summed E-state index contributed by atoms with van der Waals surface area (Å²) in [6.07, 6.45) is 0. The third-order valence-electron chi connectivity index (χ3n) is 2.99. The van der Waals surface area contributed by atoms with Gasteiger partial charge in [0, 0.05) is 18.8 Å². The highest BCUT2D eigenvalue weighted by atomic mass is 19.1. The summed E-state index contributed by atoms with van der Waals surface area (Å²) < 4.78 is 13.9. The number of primary amides is 1. The molecule has 6 N–H and O–H groups in total. The van der Waals surface area contributed by atoms with Crippen molar-refractivity contribution in [2.45, 2.75) is 6.92 Å². The van der Waals surface area contributed by atoms with Crippen LogP contribution in [0.3, 0.4) is 0 Å². The van der Waals surface area contributed by atoms with Gasteiger partial charge in [-0.1, -0.05) is 17.7 Å². The van der Waals surface area contributed by atoms with Gasteiger partial charge in [-0.3, -0.25) is 4.79 Å². The quantitative estimate of drug-likeness (QED) is 0.650. The maximum absolute atomic E-state index is 13.9. The molecule has 1 aromatic heterocycles. The number of pyridine rings is 1. The average Bonchev–Trinajstić information content (AvgIpc) is 2.49. The number of aromatic nitrogens is 1. The van der Waals surface area contributed by atoms with E-state index in [0.29, 0.717) is 13.1 Å². The van der Waals surface area contributed by atoms with Gasteiger partial charge in [0.25, 0.3) is 5.91 Å². The second-order valence-electron chi connectivity index (χ2n) is 4.79. The van der Waals surface area contributed by atoms with E-state index in [1.165, 1.54) is 0 Å². The van der Waals surface area contributed by atoms with E-state index in [-0.39, 0.29) is 17.2 Å². The number of carbonyl (C=O) groups is 1. The first-order valence-corrected chi connectivity index (χ1v) is 6.79. The lowest BCUT2D eigenvalue weighted by Gasteiger charge is -2.13. The summed E-state index contributed by atoms with van der Waals surface area (Å²) in [6, 6.07) is 8.54. The van der Waals surface area contributed by atoms with Crippen LogP contribution in [0.5, 0.6) is 0 Å². The summed E-state index contributed by atoms with van der Waals surface area (Å²) in [5.74, 6) is -1.20. The van der Waals surface area contributed by atoms with Crippen LogP contribution >= 0.6 is 0 Å². The van der Waals surface area contributed by atoms with Gasteiger partial charge in [0.1, 0.15) is 5.82 Å². The molecule has 0 bridgehead atoms. The second-order valence-corrected chi connectivity index (χ2v) is 4.79. The van der Waals surface area contributed by atoms with Gasteiger partial charge in [0.15, 0.2) is 11.6 Å². The van der Waals surface area contributed by atoms with Crippen molar-refractivity contribution in [1.82, 2.24) is 4.98 Å². The Morgan fingerprint density at radius 1 is 1.27 bits per heavy atom. The Morgan fingerprint density at radius 2 is 1.95 bits per heavy atom. The zero-order valence-electron chi connectivity index (χ0n) is 12.2. The van der Waals surface area contributed by atoms with Crippen LogP contribution in [0.1, 0.15) is 15.9 Å². The van der Waals surface area contributed by atoms with E-state index in [2.05, 4.69) is 15.6 Å². The number of rotatable bonds is 6. The van der Waals surface area contributed by atoms with E-state index in [9.17, 15) is 9.18 Å². The summed E-state index contributed by atoms with van der Waals surface area (Å²) in [5.41, 5.74) is 12.5. The molecule has 0 unspecified atom stereocenters. The summed E-state index contributed by atoms with van der Waals surface area (Å²) in [7, 11) is 0. The number of hydrogen-bond donors (Lipinski definition) is 4. The Bertz CT molecular complexity index is 672. The van der Waals surface area contributed by atoms with Gasteiger partial charge in [-0.15, -0.1) is 0 Å². The van der Waals surface area contributed by atoms with E-state index in [1.54, 1.807) is 0 Å². The number of hydrogen-bond acceptors (Lipinski definition) is 5. The second kappa shape index (κ2) is 6.86. The number of carbonyl (C=O) groups excluding carboxylic acids is 1. The minimum atomic E-state index is -0.758. The zero-order valence-corrected chi connectivity index (χ0v) is 12.2. The van der Waals surface area contributed by atoms with Crippen molar-refractivity contribution in [2.24, 2.45) is 11.5 Å². The SMILES string of the molecule is Cc1ccc(Nc2nc(NCCN)c(F)cc2C(N)=O)cc1. The van der Waals surface area contributed by atoms with Crippen molar-refractivity contribution in [3.05, 3.63) is 47.3 Å². The average molecular weight is 303 g/mol. The van der Waals surface area contributed by atoms with Crippen molar-refractivity contribution in [3.8, 4) is 0 Å². The minimum absolute atomic E-state index is 0.0172. The molecule has 22 heavy (non-hydrogen) atoms. The number of anilines is 3. The lowest BCUT2D eigenvalue weighted by molar-refractivity contribution is 0.100. The third kappa shape index (κ3) is 3.70. The predicted molar refractivity (Wildman–Crippen MR) is 84.7 cm³/mol. The van der Waals surface area contributed by atoms with Gasteiger partial charge >= 0.3 is 0 Å². The maximum atomic E-state index is 13.9. The Morgan fingerprint density at radius 3 is 2.55 bits per heavy atom. The maximum Gasteiger partial charge on any atom is 0.252 e. The fourth-order valence-corrected chi connectivity index (χ4v) is 1.86. The first-order chi connectivity index (χ1) is 10.5. The number of halogens is 1. The molecular weight excluding hydrogens is 285 g/mol. The highest BCUT2D eigenvalue weighted by molar-refractivity contribution is 5.98. The van der Waals surface area contributed by atoms with Crippen molar-refractivity contribution >= 4 is 23.2 Å². The Labute approximate surface area is 127 Å². The monoisotopic (exact) mass is 303 g/mol. The standard InChI is InChI=1S/C15H18FN5O/c1-9-2-4-10(5-3-9)20-14-11(13(18)22)8-12(16)15(21-14)19-7-6-17/h2-5,8H,6-7,17H2,1H3,(H2,18,22)(H2,19,20,21). The van der Waals surface area contributed by atoms with Gasteiger partial charge in [-0.05, 0) is 25.1 Å². The van der Waals surface area contributed by atoms with E-state index >= 15 is 0 Å². The molecule has 0 radical (unpaired) electrons. The zero-order chi connectivity index (χ0) is 16.1. The highest BCUT2D eigenvalue weighted by Crippen LogP contribution is 2.23. The lowest BCUT2D eigenvalue weighted by Crippen LogP contribution is -2.18. The van der Waals surface area contributed by atoms with Crippen LogP contribution in [0.15, 0.2) is 30.3 Å². The minimum Gasteiger partial charge on any atom is -0.366 e. The third-order valence-corrected chi connectivity index (χ3v) is 2.99. The fraction of sp³-hybridized carbons (Fsp3) is 0.200. The number of nitrogens with two attached hydrogens (primary N) is 2. The number of aryl methyl sites for hydroxylation is 1. The molecule has 0 fully saturated rings. The Balaban J connectivity index is 2.37. The molecule has 0 saturated heterocycles. The molecule has 0 spiro atoms. The lowest BCUT2D eigenvalue weighted by atomic mass is 10.2. The molecule has 0 saturated carbocycles. The Hall–Kier alpha value is -2.67. The number of benzene rings is 1. The summed E-state index contributed by atoms with van der Waals surface area (Å²) in [6.45, 7) is 2.66. The molecule has 0 aliphatic heterocycles. The van der Waals surface area contributed by atoms with Crippen LogP contribution in [0.4, 0.5) is 21.7 Å². The van der Waals surface area contributed by atoms with Crippen LogP contribution in [0, 0.1) is 12.7 Å². The molecule has 1 heterocycles. The number of nitrogens with one attached hydrogen (secondary N) is 2. The first kappa shape index (κ1) is 15.7. The van der Waals surface area contributed by atoms with Crippen molar-refractivity contribution in [1.29, 1.82) is 0 Å². The molecule has 6 nitrogen and oxygen atoms in total. The van der Waals surface area contributed by atoms with E-state index in [1.807, 2.05) is 31.2 Å². The van der Waals surface area contributed by atoms with Crippen molar-refractivity contribution in [2.75, 3.05) is 23.7 Å². The molecule has 1 aromatic carbocycles. The number of nitrogens with zero attached hydrogens (tertiary/aromatic N) is 1. The van der Waals surface area contributed by atoms with Gasteiger partial charge in [0.05, 0.1) is 5.56 Å². The van der Waals surface area contributed by atoms with Crippen LogP contribution in [0.25, 0.3) is 0 Å². The van der Waals surface area contributed by atoms with Crippen molar-refractivity contribution < 1.29 is 9.18 Å². The highest BCUT2D eigenvalue weighted by Gasteiger charge is 2.15. The summed E-state index contributed by atoms with van der Waals surface area (Å²) in [4.78, 5) is 15.6. The molecule has 1 amide bonds. The topological polar surface area (TPSA) is 106 Å². The van der Waals surface area contributed by atoms with Gasteiger partial charge in [-0.25, -0.2) is 9.37 Å². The van der Waals surface area contributed by atoms with E-state index < -0.39 is 11.7 Å². The van der Waals surface area contributed by atoms with Gasteiger partial charge in [-0.2, -0.15) is 0 Å².